The highest BCUT2D eigenvalue weighted by atomic mass is 16.6. The summed E-state index contributed by atoms with van der Waals surface area (Å²) >= 11 is 0. The number of esters is 2. The molecule has 35 heavy (non-hydrogen) atoms. The highest BCUT2D eigenvalue weighted by Crippen LogP contribution is 2.72. The topological polar surface area (TPSA) is 92.0 Å². The Morgan fingerprint density at radius 3 is 2.57 bits per heavy atom. The SMILES string of the molecule is COC(=O)C[C@H]1[C@]2(C)C3=C(C)C(c4ccoc4C)CC3O[C@@H]2[C@@H]2OC(=O)C3(C)CCC(=O)[C@@]1(C)[C@@H]23. The zero-order valence-electron chi connectivity index (χ0n) is 21.3. The number of allylic oxidation sites excluding steroid dienone is 1. The molecule has 2 saturated heterocycles. The minimum absolute atomic E-state index is 0.0987. The fourth-order valence-electron chi connectivity index (χ4n) is 9.08. The zero-order valence-corrected chi connectivity index (χ0v) is 21.3. The summed E-state index contributed by atoms with van der Waals surface area (Å²) in [6.07, 6.45) is 2.29. The fourth-order valence-corrected chi connectivity index (χ4v) is 9.08. The van der Waals surface area contributed by atoms with Crippen molar-refractivity contribution in [1.29, 1.82) is 0 Å². The third kappa shape index (κ3) is 2.58. The van der Waals surface area contributed by atoms with Crippen molar-refractivity contribution in [3.63, 3.8) is 0 Å². The Kier molecular flexibility index (Phi) is 4.66. The first-order valence-corrected chi connectivity index (χ1v) is 12.7. The van der Waals surface area contributed by atoms with Crippen LogP contribution in [0.1, 0.15) is 70.6 Å². The monoisotopic (exact) mass is 482 g/mol. The Morgan fingerprint density at radius 2 is 1.91 bits per heavy atom. The molecular weight excluding hydrogens is 448 g/mol. The van der Waals surface area contributed by atoms with Crippen LogP contribution in [0.15, 0.2) is 27.9 Å². The van der Waals surface area contributed by atoms with Gasteiger partial charge in [-0.15, -0.1) is 0 Å². The molecule has 6 rings (SSSR count). The van der Waals surface area contributed by atoms with Crippen LogP contribution in [0.2, 0.25) is 0 Å². The first-order chi connectivity index (χ1) is 16.5. The van der Waals surface area contributed by atoms with Gasteiger partial charge >= 0.3 is 11.9 Å². The summed E-state index contributed by atoms with van der Waals surface area (Å²) in [4.78, 5) is 39.9. The normalized spacial score (nSPS) is 45.8. The van der Waals surface area contributed by atoms with E-state index in [0.29, 0.717) is 12.8 Å². The van der Waals surface area contributed by atoms with E-state index >= 15 is 0 Å². The largest absolute Gasteiger partial charge is 0.469 e. The summed E-state index contributed by atoms with van der Waals surface area (Å²) < 4.78 is 23.6. The second-order valence-electron chi connectivity index (χ2n) is 11.9. The quantitative estimate of drug-likeness (QED) is 0.469. The molecule has 3 aliphatic carbocycles. The number of hydrogen-bond donors (Lipinski definition) is 0. The predicted molar refractivity (Wildman–Crippen MR) is 124 cm³/mol. The second kappa shape index (κ2) is 7.09. The number of furan rings is 1. The van der Waals surface area contributed by atoms with Crippen molar-refractivity contribution in [1.82, 2.24) is 0 Å². The molecule has 0 aromatic carbocycles. The molecule has 0 N–H and O–H groups in total. The number of carbonyl (C=O) groups excluding carboxylic acids is 3. The maximum atomic E-state index is 13.8. The summed E-state index contributed by atoms with van der Waals surface area (Å²) in [6.45, 7) is 10.1. The van der Waals surface area contributed by atoms with Gasteiger partial charge in [0.05, 0.1) is 31.3 Å². The van der Waals surface area contributed by atoms with Gasteiger partial charge in [-0.2, -0.15) is 0 Å². The van der Waals surface area contributed by atoms with Gasteiger partial charge in [0, 0.05) is 34.7 Å². The van der Waals surface area contributed by atoms with E-state index in [1.165, 1.54) is 12.7 Å². The molecule has 1 aromatic heterocycles. The molecule has 2 aliphatic heterocycles. The molecule has 0 amide bonds. The van der Waals surface area contributed by atoms with E-state index in [4.69, 9.17) is 18.6 Å². The van der Waals surface area contributed by atoms with Gasteiger partial charge in [-0.3, -0.25) is 14.4 Å². The van der Waals surface area contributed by atoms with Crippen LogP contribution >= 0.6 is 0 Å². The van der Waals surface area contributed by atoms with E-state index in [1.807, 2.05) is 26.8 Å². The van der Waals surface area contributed by atoms with Crippen LogP contribution in [0.5, 0.6) is 0 Å². The van der Waals surface area contributed by atoms with Crippen molar-refractivity contribution in [2.45, 2.75) is 84.5 Å². The lowest BCUT2D eigenvalue weighted by atomic mass is 9.40. The molecule has 7 heteroatoms. The van der Waals surface area contributed by atoms with Crippen molar-refractivity contribution in [2.75, 3.05) is 7.11 Å². The average molecular weight is 483 g/mol. The first-order valence-electron chi connectivity index (χ1n) is 12.7. The molecule has 0 bridgehead atoms. The summed E-state index contributed by atoms with van der Waals surface area (Å²) in [5.41, 5.74) is 1.19. The standard InChI is InChI=1S/C28H34O7/c1-13-16(15-8-10-33-14(15)2)11-17-21(13)28(5)18(12-20(30)32-6)27(4)19(29)7-9-26(3)23(27)22(24(28)34-17)35-25(26)31/h8,10,16-18,22-24H,7,9,11-12H2,1-6H3/t16?,17?,18-,22-,23+,24-,26?,27+,28-/m1/s1. The number of methoxy groups -OCH3 is 1. The van der Waals surface area contributed by atoms with Crippen LogP contribution in [0.4, 0.5) is 0 Å². The molecule has 1 aromatic rings. The van der Waals surface area contributed by atoms with Crippen LogP contribution in [-0.4, -0.2) is 43.1 Å². The number of rotatable bonds is 3. The lowest BCUT2D eigenvalue weighted by Gasteiger charge is -2.60. The van der Waals surface area contributed by atoms with Gasteiger partial charge in [0.1, 0.15) is 23.8 Å². The van der Waals surface area contributed by atoms with E-state index in [9.17, 15) is 14.4 Å². The minimum Gasteiger partial charge on any atom is -0.469 e. The van der Waals surface area contributed by atoms with Gasteiger partial charge in [-0.1, -0.05) is 19.4 Å². The number of carbonyl (C=O) groups is 3. The van der Waals surface area contributed by atoms with Gasteiger partial charge in [0.2, 0.25) is 0 Å². The van der Waals surface area contributed by atoms with Crippen molar-refractivity contribution in [2.24, 2.45) is 28.1 Å². The van der Waals surface area contributed by atoms with Crippen LogP contribution in [-0.2, 0) is 28.6 Å². The molecule has 2 saturated carbocycles. The Labute approximate surface area is 205 Å². The van der Waals surface area contributed by atoms with Crippen molar-refractivity contribution < 1.29 is 33.0 Å². The Bertz CT molecular complexity index is 1180. The van der Waals surface area contributed by atoms with Crippen LogP contribution < -0.4 is 0 Å². The number of ketones is 1. The second-order valence-corrected chi connectivity index (χ2v) is 11.9. The highest BCUT2D eigenvalue weighted by molar-refractivity contribution is 5.92. The molecule has 7 nitrogen and oxygen atoms in total. The maximum absolute atomic E-state index is 13.8. The molecular formula is C28H34O7. The summed E-state index contributed by atoms with van der Waals surface area (Å²) in [5.74, 6) is -0.139. The number of Topliss-reactive ketones (excluding diaryl/α,β-unsaturated/α-hetero) is 1. The number of hydrogen-bond acceptors (Lipinski definition) is 7. The third-order valence-electron chi connectivity index (χ3n) is 10.7. The third-order valence-corrected chi connectivity index (χ3v) is 10.7. The molecule has 3 heterocycles. The predicted octanol–water partition coefficient (Wildman–Crippen LogP) is 4.28. The van der Waals surface area contributed by atoms with E-state index in [0.717, 1.165) is 23.3 Å². The average Bonchev–Trinajstić information content (AvgIpc) is 3.52. The first kappa shape index (κ1) is 23.0. The molecule has 0 spiro atoms. The molecule has 188 valence electrons. The van der Waals surface area contributed by atoms with E-state index in [1.54, 1.807) is 6.26 Å². The van der Waals surface area contributed by atoms with Crippen molar-refractivity contribution in [3.8, 4) is 0 Å². The molecule has 0 radical (unpaired) electrons. The van der Waals surface area contributed by atoms with Gasteiger partial charge in [0.15, 0.2) is 0 Å². The van der Waals surface area contributed by atoms with Gasteiger partial charge in [-0.05, 0) is 51.2 Å². The molecule has 3 unspecified atom stereocenters. The van der Waals surface area contributed by atoms with E-state index < -0.39 is 28.5 Å². The van der Waals surface area contributed by atoms with E-state index in [2.05, 4.69) is 13.8 Å². The Morgan fingerprint density at radius 1 is 1.17 bits per heavy atom. The Balaban J connectivity index is 1.56. The molecule has 5 aliphatic rings. The van der Waals surface area contributed by atoms with Crippen LogP contribution in [0.3, 0.4) is 0 Å². The number of aryl methyl sites for hydroxylation is 1. The number of fused-ring (bicyclic) bond motifs is 4. The van der Waals surface area contributed by atoms with Crippen molar-refractivity contribution >= 4 is 17.7 Å². The van der Waals surface area contributed by atoms with Crippen LogP contribution in [0, 0.1) is 35.0 Å². The summed E-state index contributed by atoms with van der Waals surface area (Å²) in [6, 6.07) is 2.02. The van der Waals surface area contributed by atoms with Gasteiger partial charge in [-0.25, -0.2) is 0 Å². The van der Waals surface area contributed by atoms with Crippen LogP contribution in [0.25, 0.3) is 0 Å². The fraction of sp³-hybridized carbons (Fsp3) is 0.679. The lowest BCUT2D eigenvalue weighted by molar-refractivity contribution is -0.197. The summed E-state index contributed by atoms with van der Waals surface area (Å²) in [7, 11) is 1.39. The van der Waals surface area contributed by atoms with Gasteiger partial charge < -0.3 is 18.6 Å². The van der Waals surface area contributed by atoms with Crippen molar-refractivity contribution in [3.05, 3.63) is 34.8 Å². The zero-order chi connectivity index (χ0) is 25.1. The smallest absolute Gasteiger partial charge is 0.312 e. The minimum atomic E-state index is -0.904. The molecule has 9 atom stereocenters. The van der Waals surface area contributed by atoms with E-state index in [-0.39, 0.29) is 48.0 Å². The summed E-state index contributed by atoms with van der Waals surface area (Å²) in [5, 5.41) is 0. The highest BCUT2D eigenvalue weighted by Gasteiger charge is 2.78. The lowest BCUT2D eigenvalue weighted by Crippen LogP contribution is -2.67. The van der Waals surface area contributed by atoms with Gasteiger partial charge in [0.25, 0.3) is 0 Å². The maximum Gasteiger partial charge on any atom is 0.312 e. The number of ether oxygens (including phenoxy) is 3. The molecule has 4 fully saturated rings. The Hall–Kier alpha value is -2.41.